The molecule has 1 aromatic rings. The van der Waals surface area contributed by atoms with Gasteiger partial charge in [-0.3, -0.25) is 4.79 Å². The van der Waals surface area contributed by atoms with Crippen LogP contribution in [0.25, 0.3) is 0 Å². The van der Waals surface area contributed by atoms with Crippen molar-refractivity contribution in [3.8, 4) is 11.8 Å². The molecule has 1 aliphatic carbocycles. The first kappa shape index (κ1) is 13.1. The Labute approximate surface area is 111 Å². The second-order valence-corrected chi connectivity index (χ2v) is 5.52. The highest BCUT2D eigenvalue weighted by Gasteiger charge is 2.23. The maximum atomic E-state index is 12.3. The molecule has 0 spiro atoms. The monoisotopic (exact) mass is 263 g/mol. The van der Waals surface area contributed by atoms with E-state index in [4.69, 9.17) is 5.11 Å². The molecule has 0 unspecified atom stereocenters. The molecule has 3 nitrogen and oxygen atoms in total. The van der Waals surface area contributed by atoms with Crippen molar-refractivity contribution in [2.24, 2.45) is 5.92 Å². The van der Waals surface area contributed by atoms with Crippen LogP contribution in [0.3, 0.4) is 0 Å². The van der Waals surface area contributed by atoms with Crippen LogP contribution in [0.4, 0.5) is 0 Å². The maximum Gasteiger partial charge on any atom is 0.264 e. The third-order valence-electron chi connectivity index (χ3n) is 3.27. The molecule has 1 heterocycles. The van der Waals surface area contributed by atoms with E-state index in [1.807, 2.05) is 18.5 Å². The number of rotatable bonds is 3. The van der Waals surface area contributed by atoms with Crippen LogP contribution in [0.15, 0.2) is 11.4 Å². The molecule has 0 radical (unpaired) electrons. The molecule has 0 aromatic carbocycles. The summed E-state index contributed by atoms with van der Waals surface area (Å²) in [6, 6.07) is 1.83. The van der Waals surface area contributed by atoms with Gasteiger partial charge in [0.2, 0.25) is 0 Å². The molecule has 0 bridgehead atoms. The predicted molar refractivity (Wildman–Crippen MR) is 72.6 cm³/mol. The van der Waals surface area contributed by atoms with Gasteiger partial charge in [-0.2, -0.15) is 0 Å². The fraction of sp³-hybridized carbons (Fsp3) is 0.500. The van der Waals surface area contributed by atoms with Crippen LogP contribution in [0.5, 0.6) is 0 Å². The molecule has 0 aliphatic heterocycles. The van der Waals surface area contributed by atoms with E-state index in [1.54, 1.807) is 4.90 Å². The summed E-state index contributed by atoms with van der Waals surface area (Å²) in [5.74, 6) is 6.13. The lowest BCUT2D eigenvalue weighted by Gasteiger charge is -2.30. The van der Waals surface area contributed by atoms with Gasteiger partial charge in [-0.25, -0.2) is 0 Å². The van der Waals surface area contributed by atoms with E-state index >= 15 is 0 Å². The van der Waals surface area contributed by atoms with Crippen molar-refractivity contribution in [1.29, 1.82) is 0 Å². The molecule has 1 aliphatic rings. The fourth-order valence-electron chi connectivity index (χ4n) is 2.03. The fourth-order valence-corrected chi connectivity index (χ4v) is 2.87. The molecular weight excluding hydrogens is 246 g/mol. The van der Waals surface area contributed by atoms with Crippen LogP contribution >= 0.6 is 11.3 Å². The summed E-state index contributed by atoms with van der Waals surface area (Å²) in [7, 11) is 1.85. The first-order valence-corrected chi connectivity index (χ1v) is 7.03. The van der Waals surface area contributed by atoms with Gasteiger partial charge in [0, 0.05) is 19.2 Å². The van der Waals surface area contributed by atoms with Gasteiger partial charge < -0.3 is 10.0 Å². The molecule has 0 saturated heterocycles. The highest BCUT2D eigenvalue weighted by atomic mass is 32.1. The number of hydrogen-bond donors (Lipinski definition) is 1. The van der Waals surface area contributed by atoms with Gasteiger partial charge in [-0.1, -0.05) is 18.3 Å². The van der Waals surface area contributed by atoms with E-state index in [1.165, 1.54) is 30.6 Å². The first-order chi connectivity index (χ1) is 8.72. The predicted octanol–water partition coefficient (Wildman–Crippen LogP) is 1.96. The van der Waals surface area contributed by atoms with Gasteiger partial charge in [0.1, 0.15) is 11.5 Å². The van der Waals surface area contributed by atoms with Crippen LogP contribution in [-0.2, 0) is 0 Å². The maximum absolute atomic E-state index is 12.3. The molecule has 1 aromatic heterocycles. The van der Waals surface area contributed by atoms with Crippen LogP contribution < -0.4 is 0 Å². The Morgan fingerprint density at radius 3 is 3.00 bits per heavy atom. The summed E-state index contributed by atoms with van der Waals surface area (Å²) in [5, 5.41) is 10.6. The first-order valence-electron chi connectivity index (χ1n) is 6.15. The average molecular weight is 263 g/mol. The zero-order chi connectivity index (χ0) is 13.0. The summed E-state index contributed by atoms with van der Waals surface area (Å²) >= 11 is 1.41. The lowest BCUT2D eigenvalue weighted by atomic mass is 9.85. The van der Waals surface area contributed by atoms with E-state index in [0.29, 0.717) is 10.8 Å². The third kappa shape index (κ3) is 2.92. The van der Waals surface area contributed by atoms with Gasteiger partial charge in [-0.05, 0) is 30.2 Å². The highest BCUT2D eigenvalue weighted by Crippen LogP contribution is 2.27. The van der Waals surface area contributed by atoms with Gasteiger partial charge in [0.05, 0.1) is 0 Å². The van der Waals surface area contributed by atoms with Crippen molar-refractivity contribution in [3.63, 3.8) is 0 Å². The molecule has 4 heteroatoms. The van der Waals surface area contributed by atoms with E-state index in [-0.39, 0.29) is 12.5 Å². The van der Waals surface area contributed by atoms with Gasteiger partial charge in [0.25, 0.3) is 5.91 Å². The molecule has 0 atom stereocenters. The third-order valence-corrected chi connectivity index (χ3v) is 4.17. The largest absolute Gasteiger partial charge is 0.384 e. The molecule has 1 saturated carbocycles. The van der Waals surface area contributed by atoms with Gasteiger partial charge in [0.15, 0.2) is 0 Å². The number of aliphatic hydroxyl groups is 1. The second kappa shape index (κ2) is 6.03. The summed E-state index contributed by atoms with van der Waals surface area (Å²) in [6.07, 6.45) is 3.76. The number of thiophene rings is 1. The average Bonchev–Trinajstić information content (AvgIpc) is 2.78. The van der Waals surface area contributed by atoms with Crippen molar-refractivity contribution in [2.45, 2.75) is 19.3 Å². The normalized spacial score (nSPS) is 14.6. The lowest BCUT2D eigenvalue weighted by molar-refractivity contribution is 0.0750. The van der Waals surface area contributed by atoms with E-state index in [0.717, 1.165) is 12.1 Å². The number of amides is 1. The van der Waals surface area contributed by atoms with Crippen LogP contribution in [0.1, 0.15) is 34.5 Å². The standard InChI is InChI=1S/C14H17NO2S/c1-15(10-11-4-2-5-11)14(17)13-12(6-3-8-16)7-9-18-13/h7,9,11,16H,2,4-5,8,10H2,1H3. The van der Waals surface area contributed by atoms with Gasteiger partial charge in [-0.15, -0.1) is 11.3 Å². The Morgan fingerprint density at radius 2 is 2.39 bits per heavy atom. The molecular formula is C14H17NO2S. The number of hydrogen-bond acceptors (Lipinski definition) is 3. The Kier molecular flexibility index (Phi) is 4.40. The second-order valence-electron chi connectivity index (χ2n) is 4.61. The summed E-state index contributed by atoms with van der Waals surface area (Å²) < 4.78 is 0. The molecule has 1 amide bonds. The molecule has 1 fully saturated rings. The summed E-state index contributed by atoms with van der Waals surface area (Å²) in [6.45, 7) is 0.658. The van der Waals surface area contributed by atoms with E-state index < -0.39 is 0 Å². The minimum atomic E-state index is -0.179. The number of aliphatic hydroxyl groups excluding tert-OH is 1. The van der Waals surface area contributed by atoms with Crippen molar-refractivity contribution in [1.82, 2.24) is 4.90 Å². The van der Waals surface area contributed by atoms with E-state index in [2.05, 4.69) is 11.8 Å². The highest BCUT2D eigenvalue weighted by molar-refractivity contribution is 7.12. The SMILES string of the molecule is CN(CC1CCC1)C(=O)c1sccc1C#CCO. The number of carbonyl (C=O) groups is 1. The smallest absolute Gasteiger partial charge is 0.264 e. The van der Waals surface area contributed by atoms with Crippen LogP contribution in [0, 0.1) is 17.8 Å². The van der Waals surface area contributed by atoms with Crippen molar-refractivity contribution >= 4 is 17.2 Å². The van der Waals surface area contributed by atoms with Crippen molar-refractivity contribution in [2.75, 3.05) is 20.2 Å². The quantitative estimate of drug-likeness (QED) is 0.847. The molecule has 18 heavy (non-hydrogen) atoms. The Morgan fingerprint density at radius 1 is 1.61 bits per heavy atom. The molecule has 96 valence electrons. The zero-order valence-corrected chi connectivity index (χ0v) is 11.3. The number of carbonyl (C=O) groups excluding carboxylic acids is 1. The minimum absolute atomic E-state index is 0.0409. The Hall–Kier alpha value is -1.31. The topological polar surface area (TPSA) is 40.5 Å². The Balaban J connectivity index is 2.05. The lowest BCUT2D eigenvalue weighted by Crippen LogP contribution is -2.34. The van der Waals surface area contributed by atoms with E-state index in [9.17, 15) is 4.79 Å². The molecule has 1 N–H and O–H groups in total. The van der Waals surface area contributed by atoms with Crippen molar-refractivity contribution in [3.05, 3.63) is 21.9 Å². The minimum Gasteiger partial charge on any atom is -0.384 e. The van der Waals surface area contributed by atoms with Crippen LogP contribution in [-0.4, -0.2) is 36.1 Å². The Bertz CT molecular complexity index is 479. The summed E-state index contributed by atoms with van der Waals surface area (Å²) in [5.41, 5.74) is 0.722. The van der Waals surface area contributed by atoms with Gasteiger partial charge >= 0.3 is 0 Å². The zero-order valence-electron chi connectivity index (χ0n) is 10.5. The van der Waals surface area contributed by atoms with Crippen molar-refractivity contribution < 1.29 is 9.90 Å². The summed E-state index contributed by atoms with van der Waals surface area (Å²) in [4.78, 5) is 14.7. The molecule has 2 rings (SSSR count). The van der Waals surface area contributed by atoms with Crippen LogP contribution in [0.2, 0.25) is 0 Å². The number of nitrogens with zero attached hydrogens (tertiary/aromatic N) is 1.